The zero-order chi connectivity index (χ0) is 28.3. The molecule has 4 heterocycles. The van der Waals surface area contributed by atoms with Gasteiger partial charge in [-0.05, 0) is 37.1 Å². The van der Waals surface area contributed by atoms with Gasteiger partial charge in [-0.1, -0.05) is 60.7 Å². The smallest absolute Gasteiger partial charge is 0.255 e. The first-order chi connectivity index (χ1) is 19.2. The van der Waals surface area contributed by atoms with Crippen molar-refractivity contribution in [3.8, 4) is 0 Å². The van der Waals surface area contributed by atoms with E-state index in [2.05, 4.69) is 0 Å². The fraction of sp³-hybridized carbons (Fsp3) is 0.312. The molecule has 0 unspecified atom stereocenters. The fourth-order valence-electron chi connectivity index (χ4n) is 5.50. The molecule has 40 heavy (non-hydrogen) atoms. The Hall–Kier alpha value is -4.14. The second kappa shape index (κ2) is 11.2. The SMILES string of the molecule is C[C@@]1(O)C[C@@H](c2ccoc2)N(Cc2ccccc2)C1=O.C[C@]1(O)C[C@H](c2ccoc2)N(Cc2ccccc2)C1=O. The first-order valence-corrected chi connectivity index (χ1v) is 13.3. The first kappa shape index (κ1) is 27.4. The first-order valence-electron chi connectivity index (χ1n) is 13.3. The van der Waals surface area contributed by atoms with Crippen molar-refractivity contribution in [3.05, 3.63) is 120 Å². The molecular formula is C32H34N2O6. The Morgan fingerprint density at radius 1 is 0.675 bits per heavy atom. The predicted molar refractivity (Wildman–Crippen MR) is 147 cm³/mol. The molecule has 0 saturated carbocycles. The quantitative estimate of drug-likeness (QED) is 0.355. The molecule has 4 aromatic rings. The Labute approximate surface area is 233 Å². The highest BCUT2D eigenvalue weighted by Crippen LogP contribution is 2.41. The van der Waals surface area contributed by atoms with Crippen LogP contribution in [0.1, 0.15) is 61.0 Å². The van der Waals surface area contributed by atoms with Crippen LogP contribution in [-0.4, -0.2) is 43.0 Å². The van der Waals surface area contributed by atoms with E-state index in [0.29, 0.717) is 25.9 Å². The molecule has 0 radical (unpaired) electrons. The molecule has 4 atom stereocenters. The van der Waals surface area contributed by atoms with E-state index in [4.69, 9.17) is 8.83 Å². The molecule has 6 rings (SSSR count). The molecule has 2 aliphatic rings. The van der Waals surface area contributed by atoms with Crippen LogP contribution in [0.25, 0.3) is 0 Å². The van der Waals surface area contributed by atoms with Gasteiger partial charge >= 0.3 is 0 Å². The number of carbonyl (C=O) groups is 2. The van der Waals surface area contributed by atoms with E-state index >= 15 is 0 Å². The third-order valence-electron chi connectivity index (χ3n) is 7.62. The lowest BCUT2D eigenvalue weighted by Gasteiger charge is -2.24. The summed E-state index contributed by atoms with van der Waals surface area (Å²) >= 11 is 0. The predicted octanol–water partition coefficient (Wildman–Crippen LogP) is 5.01. The molecular weight excluding hydrogens is 508 g/mol. The van der Waals surface area contributed by atoms with Crippen LogP contribution in [0, 0.1) is 0 Å². The van der Waals surface area contributed by atoms with E-state index in [1.807, 2.05) is 72.8 Å². The number of hydrogen-bond acceptors (Lipinski definition) is 6. The van der Waals surface area contributed by atoms with Crippen molar-refractivity contribution in [2.24, 2.45) is 0 Å². The van der Waals surface area contributed by atoms with Crippen LogP contribution in [0.4, 0.5) is 0 Å². The van der Waals surface area contributed by atoms with Crippen molar-refractivity contribution in [2.75, 3.05) is 0 Å². The van der Waals surface area contributed by atoms with Gasteiger partial charge in [-0.25, -0.2) is 0 Å². The number of hydrogen-bond donors (Lipinski definition) is 2. The van der Waals surface area contributed by atoms with E-state index in [9.17, 15) is 19.8 Å². The summed E-state index contributed by atoms with van der Waals surface area (Å²) in [5, 5.41) is 20.5. The number of benzene rings is 2. The molecule has 208 valence electrons. The molecule has 2 aromatic heterocycles. The average molecular weight is 543 g/mol. The summed E-state index contributed by atoms with van der Waals surface area (Å²) in [6.45, 7) is 4.14. The summed E-state index contributed by atoms with van der Waals surface area (Å²) < 4.78 is 10.2. The van der Waals surface area contributed by atoms with Crippen molar-refractivity contribution in [1.82, 2.24) is 9.80 Å². The number of aliphatic hydroxyl groups is 2. The fourth-order valence-corrected chi connectivity index (χ4v) is 5.50. The molecule has 0 aliphatic carbocycles. The average Bonchev–Trinajstić information content (AvgIpc) is 3.74. The lowest BCUT2D eigenvalue weighted by molar-refractivity contribution is -0.143. The van der Waals surface area contributed by atoms with Crippen molar-refractivity contribution >= 4 is 11.8 Å². The largest absolute Gasteiger partial charge is 0.472 e. The Morgan fingerprint density at radius 2 is 1.05 bits per heavy atom. The van der Waals surface area contributed by atoms with Gasteiger partial charge in [-0.15, -0.1) is 0 Å². The normalized spacial score (nSPS) is 26.2. The van der Waals surface area contributed by atoms with Gasteiger partial charge in [0.05, 0.1) is 37.1 Å². The van der Waals surface area contributed by atoms with Gasteiger partial charge in [0.2, 0.25) is 0 Å². The van der Waals surface area contributed by atoms with Crippen LogP contribution >= 0.6 is 0 Å². The number of nitrogens with zero attached hydrogens (tertiary/aromatic N) is 2. The minimum absolute atomic E-state index is 0.142. The second-order valence-corrected chi connectivity index (χ2v) is 10.9. The highest BCUT2D eigenvalue weighted by Gasteiger charge is 2.49. The molecule has 2 fully saturated rings. The molecule has 2 N–H and O–H groups in total. The maximum absolute atomic E-state index is 12.4. The zero-order valence-corrected chi connectivity index (χ0v) is 22.6. The zero-order valence-electron chi connectivity index (χ0n) is 22.6. The van der Waals surface area contributed by atoms with Crippen LogP contribution in [0.15, 0.2) is 107 Å². The van der Waals surface area contributed by atoms with Crippen molar-refractivity contribution in [2.45, 2.75) is 63.1 Å². The van der Waals surface area contributed by atoms with Gasteiger partial charge in [0.1, 0.15) is 11.2 Å². The third kappa shape index (κ3) is 5.73. The Kier molecular flexibility index (Phi) is 7.65. The van der Waals surface area contributed by atoms with Crippen LogP contribution in [0.3, 0.4) is 0 Å². The number of furan rings is 2. The molecule has 8 heteroatoms. The minimum atomic E-state index is -1.31. The molecule has 8 nitrogen and oxygen atoms in total. The highest BCUT2D eigenvalue weighted by molar-refractivity contribution is 5.88. The molecule has 2 aromatic carbocycles. The van der Waals surface area contributed by atoms with E-state index in [1.165, 1.54) is 0 Å². The van der Waals surface area contributed by atoms with Gasteiger partial charge in [0.15, 0.2) is 0 Å². The lowest BCUT2D eigenvalue weighted by atomic mass is 9.99. The number of likely N-dealkylation sites (tertiary alicyclic amines) is 2. The van der Waals surface area contributed by atoms with Crippen molar-refractivity contribution < 1.29 is 28.6 Å². The molecule has 2 amide bonds. The summed E-state index contributed by atoms with van der Waals surface area (Å²) in [5.74, 6) is -0.458. The number of carbonyl (C=O) groups excluding carboxylic acids is 2. The number of rotatable bonds is 6. The van der Waals surface area contributed by atoms with E-state index in [0.717, 1.165) is 22.3 Å². The Balaban J connectivity index is 0.000000161. The van der Waals surface area contributed by atoms with Gasteiger partial charge in [0.25, 0.3) is 11.8 Å². The van der Waals surface area contributed by atoms with Crippen LogP contribution in [-0.2, 0) is 22.7 Å². The topological polar surface area (TPSA) is 107 Å². The van der Waals surface area contributed by atoms with Crippen LogP contribution in [0.5, 0.6) is 0 Å². The van der Waals surface area contributed by atoms with Gasteiger partial charge < -0.3 is 28.8 Å². The van der Waals surface area contributed by atoms with Gasteiger partial charge in [-0.2, -0.15) is 0 Å². The minimum Gasteiger partial charge on any atom is -0.472 e. The molecule has 0 bridgehead atoms. The van der Waals surface area contributed by atoms with Crippen LogP contribution < -0.4 is 0 Å². The summed E-state index contributed by atoms with van der Waals surface area (Å²) in [5.41, 5.74) is 1.33. The van der Waals surface area contributed by atoms with Crippen molar-refractivity contribution in [3.63, 3.8) is 0 Å². The Morgan fingerprint density at radius 3 is 1.38 bits per heavy atom. The van der Waals surface area contributed by atoms with Crippen LogP contribution in [0.2, 0.25) is 0 Å². The maximum Gasteiger partial charge on any atom is 0.255 e. The molecule has 2 aliphatic heterocycles. The second-order valence-electron chi connectivity index (χ2n) is 10.9. The summed E-state index contributed by atoms with van der Waals surface area (Å²) in [6.07, 6.45) is 7.23. The van der Waals surface area contributed by atoms with Gasteiger partial charge in [0, 0.05) is 37.1 Å². The van der Waals surface area contributed by atoms with E-state index in [-0.39, 0.29) is 23.9 Å². The van der Waals surface area contributed by atoms with Crippen molar-refractivity contribution in [1.29, 1.82) is 0 Å². The monoisotopic (exact) mass is 542 g/mol. The molecule has 2 saturated heterocycles. The third-order valence-corrected chi connectivity index (χ3v) is 7.62. The maximum atomic E-state index is 12.4. The lowest BCUT2D eigenvalue weighted by Crippen LogP contribution is -2.37. The molecule has 0 spiro atoms. The summed E-state index contributed by atoms with van der Waals surface area (Å²) in [7, 11) is 0. The number of amides is 2. The summed E-state index contributed by atoms with van der Waals surface area (Å²) in [6, 6.07) is 23.0. The van der Waals surface area contributed by atoms with E-state index < -0.39 is 11.2 Å². The Bertz CT molecular complexity index is 1290. The standard InChI is InChI=1S/2C16H17NO3/c2*1-16(19)9-14(13-7-8-20-11-13)17(15(16)18)10-12-5-3-2-4-6-12/h2*2-8,11,14,19H,9-10H2,1H3/t2*14-,16+/m10/s1. The highest BCUT2D eigenvalue weighted by atomic mass is 16.3. The van der Waals surface area contributed by atoms with Gasteiger partial charge in [-0.3, -0.25) is 9.59 Å². The van der Waals surface area contributed by atoms with E-state index in [1.54, 1.807) is 48.7 Å². The summed E-state index contributed by atoms with van der Waals surface area (Å²) in [4.78, 5) is 28.2.